The summed E-state index contributed by atoms with van der Waals surface area (Å²) in [7, 11) is 0. The lowest BCUT2D eigenvalue weighted by atomic mass is 10.00. The van der Waals surface area contributed by atoms with Gasteiger partial charge in [-0.25, -0.2) is 4.39 Å². The highest BCUT2D eigenvalue weighted by Crippen LogP contribution is 2.21. The largest absolute Gasteiger partial charge is 0.324 e. The standard InChI is InChI=1S/C15H22FN3O/c1-11-4-5-12(16)10-13(11)18-14(20)15(2,3)19-8-6-17-7-9-19/h4-5,10,17H,6-9H2,1-3H3,(H,18,20). The molecule has 0 atom stereocenters. The first-order valence-corrected chi connectivity index (χ1v) is 6.94. The number of nitrogens with zero attached hydrogens (tertiary/aromatic N) is 1. The second-order valence-electron chi connectivity index (χ2n) is 5.71. The Bertz CT molecular complexity index is 496. The van der Waals surface area contributed by atoms with Crippen molar-refractivity contribution in [2.24, 2.45) is 0 Å². The Balaban J connectivity index is 2.11. The monoisotopic (exact) mass is 279 g/mol. The smallest absolute Gasteiger partial charge is 0.244 e. The fourth-order valence-electron chi connectivity index (χ4n) is 2.37. The van der Waals surface area contributed by atoms with Crippen LogP contribution in [0, 0.1) is 12.7 Å². The van der Waals surface area contributed by atoms with Crippen LogP contribution in [-0.4, -0.2) is 42.5 Å². The molecule has 2 N–H and O–H groups in total. The SMILES string of the molecule is Cc1ccc(F)cc1NC(=O)C(C)(C)N1CCNCC1. The van der Waals surface area contributed by atoms with Crippen molar-refractivity contribution in [3.05, 3.63) is 29.6 Å². The summed E-state index contributed by atoms with van der Waals surface area (Å²) in [5, 5.41) is 6.12. The van der Waals surface area contributed by atoms with Crippen molar-refractivity contribution in [2.45, 2.75) is 26.3 Å². The summed E-state index contributed by atoms with van der Waals surface area (Å²) >= 11 is 0. The highest BCUT2D eigenvalue weighted by molar-refractivity contribution is 5.98. The number of hydrogen-bond donors (Lipinski definition) is 2. The normalized spacial score (nSPS) is 17.0. The van der Waals surface area contributed by atoms with Crippen molar-refractivity contribution in [2.75, 3.05) is 31.5 Å². The van der Waals surface area contributed by atoms with Crippen LogP contribution >= 0.6 is 0 Å². The third-order valence-electron chi connectivity index (χ3n) is 3.91. The van der Waals surface area contributed by atoms with Crippen molar-refractivity contribution < 1.29 is 9.18 Å². The molecular weight excluding hydrogens is 257 g/mol. The Hall–Kier alpha value is -1.46. The Morgan fingerprint density at radius 2 is 2.00 bits per heavy atom. The molecular formula is C15H22FN3O. The van der Waals surface area contributed by atoms with Crippen molar-refractivity contribution in [1.82, 2.24) is 10.2 Å². The number of benzene rings is 1. The zero-order valence-corrected chi connectivity index (χ0v) is 12.3. The van der Waals surface area contributed by atoms with Gasteiger partial charge in [-0.1, -0.05) is 6.07 Å². The first kappa shape index (κ1) is 14.9. The number of aryl methyl sites for hydroxylation is 1. The van der Waals surface area contributed by atoms with Gasteiger partial charge in [-0.05, 0) is 38.5 Å². The van der Waals surface area contributed by atoms with Gasteiger partial charge in [-0.3, -0.25) is 9.69 Å². The molecule has 5 heteroatoms. The molecule has 0 bridgehead atoms. The van der Waals surface area contributed by atoms with Gasteiger partial charge in [0.15, 0.2) is 0 Å². The Kier molecular flexibility index (Phi) is 4.40. The lowest BCUT2D eigenvalue weighted by molar-refractivity contribution is -0.126. The summed E-state index contributed by atoms with van der Waals surface area (Å²) in [6, 6.07) is 4.43. The van der Waals surface area contributed by atoms with Crippen LogP contribution in [0.25, 0.3) is 0 Å². The van der Waals surface area contributed by atoms with Gasteiger partial charge in [0, 0.05) is 31.9 Å². The maximum absolute atomic E-state index is 13.3. The number of amides is 1. The van der Waals surface area contributed by atoms with Crippen LogP contribution in [0.2, 0.25) is 0 Å². The second-order valence-corrected chi connectivity index (χ2v) is 5.71. The van der Waals surface area contributed by atoms with Crippen LogP contribution in [0.1, 0.15) is 19.4 Å². The van der Waals surface area contributed by atoms with Gasteiger partial charge >= 0.3 is 0 Å². The summed E-state index contributed by atoms with van der Waals surface area (Å²) in [5.74, 6) is -0.445. The third-order valence-corrected chi connectivity index (χ3v) is 3.91. The Morgan fingerprint density at radius 3 is 2.65 bits per heavy atom. The van der Waals surface area contributed by atoms with E-state index in [9.17, 15) is 9.18 Å². The van der Waals surface area contributed by atoms with Gasteiger partial charge in [0.2, 0.25) is 5.91 Å². The Labute approximate surface area is 119 Å². The molecule has 2 rings (SSSR count). The zero-order chi connectivity index (χ0) is 14.8. The van der Waals surface area contributed by atoms with E-state index in [0.29, 0.717) is 5.69 Å². The van der Waals surface area contributed by atoms with Crippen LogP contribution in [0.5, 0.6) is 0 Å². The van der Waals surface area contributed by atoms with E-state index in [2.05, 4.69) is 15.5 Å². The lowest BCUT2D eigenvalue weighted by Crippen LogP contribution is -2.58. The van der Waals surface area contributed by atoms with Crippen LogP contribution in [0.4, 0.5) is 10.1 Å². The minimum absolute atomic E-state index is 0.104. The van der Waals surface area contributed by atoms with E-state index < -0.39 is 5.54 Å². The number of carbonyl (C=O) groups excluding carboxylic acids is 1. The number of piperazine rings is 1. The molecule has 1 amide bonds. The third kappa shape index (κ3) is 3.16. The van der Waals surface area contributed by atoms with Crippen molar-refractivity contribution in [1.29, 1.82) is 0 Å². The molecule has 0 radical (unpaired) electrons. The fourth-order valence-corrected chi connectivity index (χ4v) is 2.37. The van der Waals surface area contributed by atoms with Crippen LogP contribution in [-0.2, 0) is 4.79 Å². The molecule has 1 aliphatic heterocycles. The predicted molar refractivity (Wildman–Crippen MR) is 78.3 cm³/mol. The van der Waals surface area contributed by atoms with Gasteiger partial charge in [0.1, 0.15) is 5.82 Å². The van der Waals surface area contributed by atoms with Gasteiger partial charge in [0.25, 0.3) is 0 Å². The quantitative estimate of drug-likeness (QED) is 0.886. The second kappa shape index (κ2) is 5.89. The van der Waals surface area contributed by atoms with E-state index in [1.54, 1.807) is 6.07 Å². The first-order chi connectivity index (χ1) is 9.41. The highest BCUT2D eigenvalue weighted by Gasteiger charge is 2.35. The number of anilines is 1. The first-order valence-electron chi connectivity index (χ1n) is 6.94. The molecule has 0 aliphatic carbocycles. The average Bonchev–Trinajstić information content (AvgIpc) is 2.43. The lowest BCUT2D eigenvalue weighted by Gasteiger charge is -2.39. The number of carbonyl (C=O) groups is 1. The molecule has 1 aliphatic rings. The molecule has 0 aromatic heterocycles. The van der Waals surface area contributed by atoms with Crippen LogP contribution in [0.15, 0.2) is 18.2 Å². The van der Waals surface area contributed by atoms with Crippen molar-refractivity contribution in [3.63, 3.8) is 0 Å². The molecule has 0 spiro atoms. The maximum Gasteiger partial charge on any atom is 0.244 e. The number of nitrogens with one attached hydrogen (secondary N) is 2. The van der Waals surface area contributed by atoms with E-state index >= 15 is 0 Å². The minimum atomic E-state index is -0.610. The summed E-state index contributed by atoms with van der Waals surface area (Å²) in [6.45, 7) is 9.11. The molecule has 1 aromatic carbocycles. The van der Waals surface area contributed by atoms with Gasteiger partial charge in [-0.15, -0.1) is 0 Å². The summed E-state index contributed by atoms with van der Waals surface area (Å²) < 4.78 is 13.3. The summed E-state index contributed by atoms with van der Waals surface area (Å²) in [5.41, 5.74) is 0.787. The van der Waals surface area contributed by atoms with Gasteiger partial charge < -0.3 is 10.6 Å². The average molecular weight is 279 g/mol. The molecule has 1 aromatic rings. The number of halogens is 1. The molecule has 0 unspecified atom stereocenters. The molecule has 20 heavy (non-hydrogen) atoms. The van der Waals surface area contributed by atoms with E-state index in [0.717, 1.165) is 31.7 Å². The van der Waals surface area contributed by atoms with E-state index in [-0.39, 0.29) is 11.7 Å². The van der Waals surface area contributed by atoms with Gasteiger partial charge in [0.05, 0.1) is 5.54 Å². The summed E-state index contributed by atoms with van der Waals surface area (Å²) in [4.78, 5) is 14.6. The van der Waals surface area contributed by atoms with E-state index in [1.165, 1.54) is 12.1 Å². The summed E-state index contributed by atoms with van der Waals surface area (Å²) in [6.07, 6.45) is 0. The molecule has 1 saturated heterocycles. The number of rotatable bonds is 3. The fraction of sp³-hybridized carbons (Fsp3) is 0.533. The topological polar surface area (TPSA) is 44.4 Å². The highest BCUT2D eigenvalue weighted by atomic mass is 19.1. The van der Waals surface area contributed by atoms with E-state index in [4.69, 9.17) is 0 Å². The van der Waals surface area contributed by atoms with Crippen LogP contribution in [0.3, 0.4) is 0 Å². The molecule has 1 heterocycles. The predicted octanol–water partition coefficient (Wildman–Crippen LogP) is 1.76. The van der Waals surface area contributed by atoms with Crippen LogP contribution < -0.4 is 10.6 Å². The van der Waals surface area contributed by atoms with E-state index in [1.807, 2.05) is 20.8 Å². The van der Waals surface area contributed by atoms with Crippen molar-refractivity contribution >= 4 is 11.6 Å². The zero-order valence-electron chi connectivity index (χ0n) is 12.3. The Morgan fingerprint density at radius 1 is 1.35 bits per heavy atom. The van der Waals surface area contributed by atoms with Crippen molar-refractivity contribution in [3.8, 4) is 0 Å². The molecule has 0 saturated carbocycles. The molecule has 1 fully saturated rings. The minimum Gasteiger partial charge on any atom is -0.324 e. The molecule has 4 nitrogen and oxygen atoms in total. The van der Waals surface area contributed by atoms with Gasteiger partial charge in [-0.2, -0.15) is 0 Å². The number of hydrogen-bond acceptors (Lipinski definition) is 3. The maximum atomic E-state index is 13.3. The molecule has 110 valence electrons.